The van der Waals surface area contributed by atoms with E-state index in [-0.39, 0.29) is 23.6 Å². The van der Waals surface area contributed by atoms with Crippen LogP contribution >= 0.6 is 0 Å². The molecule has 1 amide bonds. The summed E-state index contributed by atoms with van der Waals surface area (Å²) < 4.78 is 34.9. The molecule has 1 aromatic rings. The Morgan fingerprint density at radius 1 is 1.23 bits per heavy atom. The number of carbonyl (C=O) groups is 1. The summed E-state index contributed by atoms with van der Waals surface area (Å²) >= 11 is 0. The van der Waals surface area contributed by atoms with Crippen molar-refractivity contribution in [3.05, 3.63) is 29.8 Å². The van der Waals surface area contributed by atoms with Crippen LogP contribution in [0.3, 0.4) is 0 Å². The second-order valence-corrected chi connectivity index (χ2v) is 9.32. The quantitative estimate of drug-likeness (QED) is 0.550. The standard InChI is InChI=1S/C19H29NO5S/c1-15-9-11-17(12-10-15)26(22,23)24-14-6-8-16-7-5-13-20(16)18(21)25-19(2,3)4/h9-12,16H,5-8,13-14H2,1-4H3/t16-/m1/s1. The summed E-state index contributed by atoms with van der Waals surface area (Å²) in [6.07, 6.45) is 2.81. The van der Waals surface area contributed by atoms with Crippen LogP contribution in [0.25, 0.3) is 0 Å². The van der Waals surface area contributed by atoms with Crippen LogP contribution in [0.1, 0.15) is 52.0 Å². The lowest BCUT2D eigenvalue weighted by Crippen LogP contribution is -2.39. The number of likely N-dealkylation sites (tertiary alicyclic amines) is 1. The third kappa shape index (κ3) is 5.99. The Morgan fingerprint density at radius 2 is 1.88 bits per heavy atom. The molecule has 146 valence electrons. The van der Waals surface area contributed by atoms with Crippen LogP contribution in [0.5, 0.6) is 0 Å². The molecule has 7 heteroatoms. The van der Waals surface area contributed by atoms with Gasteiger partial charge in [-0.15, -0.1) is 0 Å². The molecule has 0 unspecified atom stereocenters. The monoisotopic (exact) mass is 383 g/mol. The summed E-state index contributed by atoms with van der Waals surface area (Å²) in [6.45, 7) is 8.23. The highest BCUT2D eigenvalue weighted by atomic mass is 32.2. The third-order valence-electron chi connectivity index (χ3n) is 4.23. The van der Waals surface area contributed by atoms with Crippen LogP contribution in [0, 0.1) is 6.92 Å². The van der Waals surface area contributed by atoms with Gasteiger partial charge in [0.05, 0.1) is 11.5 Å². The minimum absolute atomic E-state index is 0.0792. The molecule has 26 heavy (non-hydrogen) atoms. The topological polar surface area (TPSA) is 72.9 Å². The number of amides is 1. The predicted molar refractivity (Wildman–Crippen MR) is 99.5 cm³/mol. The SMILES string of the molecule is Cc1ccc(S(=O)(=O)OCCC[C@H]2CCCN2C(=O)OC(C)(C)C)cc1. The first-order valence-corrected chi connectivity index (χ1v) is 10.4. The van der Waals surface area contributed by atoms with E-state index < -0.39 is 15.7 Å². The van der Waals surface area contributed by atoms with E-state index >= 15 is 0 Å². The van der Waals surface area contributed by atoms with Crippen LogP contribution in [-0.2, 0) is 19.0 Å². The summed E-state index contributed by atoms with van der Waals surface area (Å²) in [6, 6.07) is 6.66. The van der Waals surface area contributed by atoms with Gasteiger partial charge in [-0.2, -0.15) is 8.42 Å². The number of nitrogens with zero attached hydrogens (tertiary/aromatic N) is 1. The van der Waals surface area contributed by atoms with Crippen molar-refractivity contribution in [2.24, 2.45) is 0 Å². The zero-order chi connectivity index (χ0) is 19.4. The Bertz CT molecular complexity index is 706. The highest BCUT2D eigenvalue weighted by Crippen LogP contribution is 2.24. The molecule has 0 radical (unpaired) electrons. The van der Waals surface area contributed by atoms with Crippen molar-refractivity contribution in [1.82, 2.24) is 4.90 Å². The normalized spacial score (nSPS) is 18.2. The van der Waals surface area contributed by atoms with E-state index in [4.69, 9.17) is 8.92 Å². The Morgan fingerprint density at radius 3 is 2.50 bits per heavy atom. The third-order valence-corrected chi connectivity index (χ3v) is 5.56. The van der Waals surface area contributed by atoms with Crippen molar-refractivity contribution >= 4 is 16.2 Å². The fraction of sp³-hybridized carbons (Fsp3) is 0.632. The van der Waals surface area contributed by atoms with E-state index in [1.54, 1.807) is 29.2 Å². The lowest BCUT2D eigenvalue weighted by molar-refractivity contribution is 0.0216. The predicted octanol–water partition coefficient (Wildman–Crippen LogP) is 3.88. The average molecular weight is 384 g/mol. The molecule has 1 aliphatic heterocycles. The maximum absolute atomic E-state index is 12.3. The number of benzene rings is 1. The van der Waals surface area contributed by atoms with Crippen molar-refractivity contribution in [2.45, 2.75) is 69.9 Å². The zero-order valence-electron chi connectivity index (χ0n) is 16.0. The molecule has 0 aromatic heterocycles. The zero-order valence-corrected chi connectivity index (χ0v) is 16.8. The van der Waals surface area contributed by atoms with Gasteiger partial charge in [-0.05, 0) is 65.5 Å². The van der Waals surface area contributed by atoms with Gasteiger partial charge < -0.3 is 9.64 Å². The molecule has 1 heterocycles. The number of aryl methyl sites for hydroxylation is 1. The molecule has 1 saturated heterocycles. The van der Waals surface area contributed by atoms with Crippen LogP contribution in [-0.4, -0.2) is 44.2 Å². The number of ether oxygens (including phenoxy) is 1. The highest BCUT2D eigenvalue weighted by Gasteiger charge is 2.31. The van der Waals surface area contributed by atoms with E-state index in [1.165, 1.54) is 0 Å². The van der Waals surface area contributed by atoms with Gasteiger partial charge in [0.2, 0.25) is 0 Å². The van der Waals surface area contributed by atoms with Crippen molar-refractivity contribution < 1.29 is 22.1 Å². The summed E-state index contributed by atoms with van der Waals surface area (Å²) in [7, 11) is -3.73. The van der Waals surface area contributed by atoms with Crippen molar-refractivity contribution in [3.8, 4) is 0 Å². The largest absolute Gasteiger partial charge is 0.444 e. The van der Waals surface area contributed by atoms with Gasteiger partial charge in [0.1, 0.15) is 5.60 Å². The molecule has 1 fully saturated rings. The fourth-order valence-electron chi connectivity index (χ4n) is 2.96. The van der Waals surface area contributed by atoms with Crippen molar-refractivity contribution in [3.63, 3.8) is 0 Å². The Labute approximate surface area is 156 Å². The lowest BCUT2D eigenvalue weighted by Gasteiger charge is -2.28. The van der Waals surface area contributed by atoms with Crippen LogP contribution in [0.15, 0.2) is 29.2 Å². The first-order valence-electron chi connectivity index (χ1n) is 9.04. The number of hydrogen-bond donors (Lipinski definition) is 0. The molecule has 0 bridgehead atoms. The smallest absolute Gasteiger partial charge is 0.410 e. The van der Waals surface area contributed by atoms with Crippen LogP contribution in [0.2, 0.25) is 0 Å². The molecule has 0 aliphatic carbocycles. The van der Waals surface area contributed by atoms with Crippen LogP contribution < -0.4 is 0 Å². The Balaban J connectivity index is 1.81. The maximum atomic E-state index is 12.3. The van der Waals surface area contributed by atoms with Gasteiger partial charge in [-0.1, -0.05) is 17.7 Å². The van der Waals surface area contributed by atoms with E-state index in [0.29, 0.717) is 19.4 Å². The van der Waals surface area contributed by atoms with Gasteiger partial charge >= 0.3 is 6.09 Å². The number of rotatable bonds is 6. The average Bonchev–Trinajstić information content (AvgIpc) is 2.99. The highest BCUT2D eigenvalue weighted by molar-refractivity contribution is 7.86. The molecule has 1 atom stereocenters. The Kier molecular flexibility index (Phi) is 6.69. The van der Waals surface area contributed by atoms with E-state index in [0.717, 1.165) is 18.4 Å². The van der Waals surface area contributed by atoms with Crippen LogP contribution in [0.4, 0.5) is 4.79 Å². The lowest BCUT2D eigenvalue weighted by atomic mass is 10.1. The first-order chi connectivity index (χ1) is 12.1. The minimum Gasteiger partial charge on any atom is -0.444 e. The molecular formula is C19H29NO5S. The van der Waals surface area contributed by atoms with Gasteiger partial charge in [-0.3, -0.25) is 4.18 Å². The second kappa shape index (κ2) is 8.39. The minimum atomic E-state index is -3.73. The van der Waals surface area contributed by atoms with E-state index in [9.17, 15) is 13.2 Å². The number of carbonyl (C=O) groups excluding carboxylic acids is 1. The number of hydrogen-bond acceptors (Lipinski definition) is 5. The molecule has 6 nitrogen and oxygen atoms in total. The molecular weight excluding hydrogens is 354 g/mol. The van der Waals surface area contributed by atoms with Crippen molar-refractivity contribution in [1.29, 1.82) is 0 Å². The molecule has 1 aromatic carbocycles. The summed E-state index contributed by atoms with van der Waals surface area (Å²) in [5.41, 5.74) is 0.475. The summed E-state index contributed by atoms with van der Waals surface area (Å²) in [5.74, 6) is 0. The molecule has 2 rings (SSSR count). The summed E-state index contributed by atoms with van der Waals surface area (Å²) in [4.78, 5) is 14.2. The van der Waals surface area contributed by atoms with E-state index in [2.05, 4.69) is 0 Å². The van der Waals surface area contributed by atoms with Gasteiger partial charge in [-0.25, -0.2) is 4.79 Å². The van der Waals surface area contributed by atoms with Gasteiger partial charge in [0.25, 0.3) is 10.1 Å². The maximum Gasteiger partial charge on any atom is 0.410 e. The first kappa shape index (κ1) is 20.7. The fourth-order valence-corrected chi connectivity index (χ4v) is 3.90. The molecule has 0 spiro atoms. The van der Waals surface area contributed by atoms with E-state index in [1.807, 2.05) is 27.7 Å². The molecule has 0 N–H and O–H groups in total. The second-order valence-electron chi connectivity index (χ2n) is 7.70. The van der Waals surface area contributed by atoms with Gasteiger partial charge in [0, 0.05) is 12.6 Å². The molecule has 0 saturated carbocycles. The Hall–Kier alpha value is -1.60. The summed E-state index contributed by atoms with van der Waals surface area (Å²) in [5, 5.41) is 0. The van der Waals surface area contributed by atoms with Crippen molar-refractivity contribution in [2.75, 3.05) is 13.2 Å². The molecule has 1 aliphatic rings. The van der Waals surface area contributed by atoms with Gasteiger partial charge in [0.15, 0.2) is 0 Å².